The zero-order valence-corrected chi connectivity index (χ0v) is 19.4. The van der Waals surface area contributed by atoms with Gasteiger partial charge in [-0.25, -0.2) is 10.1 Å². The van der Waals surface area contributed by atoms with E-state index in [1.54, 1.807) is 5.43 Å². The van der Waals surface area contributed by atoms with Gasteiger partial charge in [-0.2, -0.15) is 0 Å². The van der Waals surface area contributed by atoms with Crippen molar-refractivity contribution in [3.05, 3.63) is 10.1 Å². The summed E-state index contributed by atoms with van der Waals surface area (Å²) in [6.07, 6.45) is 6.11. The van der Waals surface area contributed by atoms with Gasteiger partial charge in [-0.1, -0.05) is 51.9 Å². The molecule has 0 aromatic rings. The number of nitro groups is 1. The van der Waals surface area contributed by atoms with Crippen molar-refractivity contribution >= 4 is 24.9 Å². The van der Waals surface area contributed by atoms with E-state index in [-0.39, 0.29) is 24.8 Å². The molecule has 0 spiro atoms. The topological polar surface area (TPSA) is 190 Å². The molecule has 0 rings (SSSR count). The van der Waals surface area contributed by atoms with Gasteiger partial charge in [0, 0.05) is 13.0 Å². The van der Waals surface area contributed by atoms with Crippen molar-refractivity contribution in [2.75, 3.05) is 6.54 Å². The van der Waals surface area contributed by atoms with Crippen molar-refractivity contribution in [2.45, 2.75) is 90.5 Å². The highest BCUT2D eigenvalue weighted by atomic mass is 16.7. The summed E-state index contributed by atoms with van der Waals surface area (Å²) in [6, 6.07) is -0.897. The Morgan fingerprint density at radius 2 is 1.75 bits per heavy atom. The minimum atomic E-state index is -1.73. The number of carbonyl (C=O) groups is 2. The van der Waals surface area contributed by atoms with Gasteiger partial charge in [0.05, 0.1) is 5.94 Å². The maximum Gasteiger partial charge on any atom is 0.475 e. The van der Waals surface area contributed by atoms with Crippen LogP contribution in [-0.2, 0) is 9.59 Å². The van der Waals surface area contributed by atoms with E-state index < -0.39 is 36.0 Å². The first kappa shape index (κ1) is 29.6. The Labute approximate surface area is 190 Å². The zero-order chi connectivity index (χ0) is 24.5. The van der Waals surface area contributed by atoms with Crippen LogP contribution in [0.15, 0.2) is 0 Å². The number of nitrogens with zero attached hydrogens (tertiary/aromatic N) is 1. The molecule has 0 bridgehead atoms. The lowest BCUT2D eigenvalue weighted by atomic mass is 9.75. The second-order valence-corrected chi connectivity index (χ2v) is 8.26. The Hall–Kier alpha value is -2.41. The SMILES string of the molecule is CCCCCCCC(=O)N[C@@H](CCCNC(=N)N[N+](=O)[O-])C(=O)N[C@@H](CC(C)C)B(O)O. The normalized spacial score (nSPS) is 12.6. The fourth-order valence-corrected chi connectivity index (χ4v) is 3.12. The van der Waals surface area contributed by atoms with Crippen LogP contribution in [0, 0.1) is 21.4 Å². The Balaban J connectivity index is 4.84. The maximum atomic E-state index is 12.8. The molecule has 0 saturated carbocycles. The molecule has 2 atom stereocenters. The Morgan fingerprint density at radius 3 is 2.31 bits per heavy atom. The highest BCUT2D eigenvalue weighted by Crippen LogP contribution is 2.08. The van der Waals surface area contributed by atoms with Crippen LogP contribution in [0.1, 0.15) is 78.6 Å². The number of guanidine groups is 1. The van der Waals surface area contributed by atoms with Gasteiger partial charge in [-0.15, -0.1) is 0 Å². The van der Waals surface area contributed by atoms with Crippen LogP contribution in [-0.4, -0.2) is 58.5 Å². The summed E-state index contributed by atoms with van der Waals surface area (Å²) in [5, 5.41) is 43.8. The first-order valence-corrected chi connectivity index (χ1v) is 11.3. The standard InChI is InChI=1S/C19H39BN6O6/c1-4-5-6-7-8-11-17(27)23-15(10-9-12-22-19(21)25-26(31)32)18(28)24-16(20(29)30)13-14(2)3/h14-16,29-30H,4-13H2,1-3H3,(H,23,27)(H,24,28)(H3,21,22,25)/t15-,16-/m0/s1. The lowest BCUT2D eigenvalue weighted by Crippen LogP contribution is -2.54. The van der Waals surface area contributed by atoms with Crippen molar-refractivity contribution in [2.24, 2.45) is 5.92 Å². The van der Waals surface area contributed by atoms with Gasteiger partial charge in [0.1, 0.15) is 6.04 Å². The summed E-state index contributed by atoms with van der Waals surface area (Å²) < 4.78 is 0. The van der Waals surface area contributed by atoms with E-state index in [0.29, 0.717) is 19.3 Å². The van der Waals surface area contributed by atoms with Crippen LogP contribution in [0.5, 0.6) is 0 Å². The third kappa shape index (κ3) is 15.4. The number of hydrazine groups is 1. The van der Waals surface area contributed by atoms with E-state index in [0.717, 1.165) is 32.1 Å². The van der Waals surface area contributed by atoms with Crippen molar-refractivity contribution in [1.29, 1.82) is 5.41 Å². The fourth-order valence-electron chi connectivity index (χ4n) is 3.12. The van der Waals surface area contributed by atoms with Crippen molar-refractivity contribution < 1.29 is 24.7 Å². The average molecular weight is 458 g/mol. The van der Waals surface area contributed by atoms with Crippen LogP contribution >= 0.6 is 0 Å². The summed E-state index contributed by atoms with van der Waals surface area (Å²) in [5.74, 6) is -2.02. The van der Waals surface area contributed by atoms with E-state index in [9.17, 15) is 29.8 Å². The summed E-state index contributed by atoms with van der Waals surface area (Å²) in [7, 11) is -1.73. The van der Waals surface area contributed by atoms with Crippen molar-refractivity contribution in [3.63, 3.8) is 0 Å². The molecule has 0 unspecified atom stereocenters. The number of carbonyl (C=O) groups excluding carboxylic acids is 2. The highest BCUT2D eigenvalue weighted by molar-refractivity contribution is 6.43. The highest BCUT2D eigenvalue weighted by Gasteiger charge is 2.29. The number of nitrogens with one attached hydrogen (secondary N) is 5. The molecule has 7 N–H and O–H groups in total. The molecule has 13 heteroatoms. The zero-order valence-electron chi connectivity index (χ0n) is 19.4. The van der Waals surface area contributed by atoms with Crippen LogP contribution in [0.4, 0.5) is 0 Å². The Kier molecular flexibility index (Phi) is 15.9. The molecular formula is C19H39BN6O6. The third-order valence-corrected chi connectivity index (χ3v) is 4.75. The summed E-state index contributed by atoms with van der Waals surface area (Å²) >= 11 is 0. The van der Waals surface area contributed by atoms with Gasteiger partial charge in [0.15, 0.2) is 5.03 Å². The van der Waals surface area contributed by atoms with E-state index in [4.69, 9.17) is 5.41 Å². The number of amides is 2. The summed E-state index contributed by atoms with van der Waals surface area (Å²) in [4.78, 5) is 35.4. The second kappa shape index (κ2) is 17.2. The van der Waals surface area contributed by atoms with E-state index in [1.807, 2.05) is 13.8 Å². The molecule has 0 aliphatic carbocycles. The summed E-state index contributed by atoms with van der Waals surface area (Å²) in [6.45, 7) is 6.06. The second-order valence-electron chi connectivity index (χ2n) is 8.26. The molecule has 0 aliphatic rings. The number of rotatable bonds is 17. The molecule has 2 amide bonds. The van der Waals surface area contributed by atoms with E-state index in [1.165, 1.54) is 0 Å². The molecule has 0 aliphatic heterocycles. The average Bonchev–Trinajstić information content (AvgIpc) is 2.68. The smallest absolute Gasteiger partial charge is 0.426 e. The quantitative estimate of drug-likeness (QED) is 0.0408. The van der Waals surface area contributed by atoms with Gasteiger partial charge in [0.25, 0.3) is 5.96 Å². The predicted molar refractivity (Wildman–Crippen MR) is 122 cm³/mol. The predicted octanol–water partition coefficient (Wildman–Crippen LogP) is 0.460. The number of hydrogen-bond acceptors (Lipinski definition) is 7. The Morgan fingerprint density at radius 1 is 1.09 bits per heavy atom. The van der Waals surface area contributed by atoms with Gasteiger partial charge < -0.3 is 26.0 Å². The summed E-state index contributed by atoms with van der Waals surface area (Å²) in [5.41, 5.74) is 1.67. The molecule has 184 valence electrons. The molecule has 32 heavy (non-hydrogen) atoms. The lowest BCUT2D eigenvalue weighted by Gasteiger charge is -2.24. The Bertz CT molecular complexity index is 593. The number of hydrogen-bond donors (Lipinski definition) is 7. The molecule has 0 saturated heterocycles. The minimum Gasteiger partial charge on any atom is -0.426 e. The molecule has 0 fully saturated rings. The number of unbranched alkanes of at least 4 members (excludes halogenated alkanes) is 4. The molecule has 0 aromatic carbocycles. The van der Waals surface area contributed by atoms with Crippen LogP contribution in [0.25, 0.3) is 0 Å². The van der Waals surface area contributed by atoms with Crippen molar-refractivity contribution in [3.8, 4) is 0 Å². The van der Waals surface area contributed by atoms with Gasteiger partial charge in [-0.3, -0.25) is 15.0 Å². The molecule has 0 radical (unpaired) electrons. The first-order valence-electron chi connectivity index (χ1n) is 11.3. The largest absolute Gasteiger partial charge is 0.475 e. The van der Waals surface area contributed by atoms with Crippen LogP contribution < -0.4 is 21.4 Å². The molecule has 0 heterocycles. The fraction of sp³-hybridized carbons (Fsp3) is 0.842. The van der Waals surface area contributed by atoms with Crippen molar-refractivity contribution in [1.82, 2.24) is 21.4 Å². The van der Waals surface area contributed by atoms with Crippen LogP contribution in [0.3, 0.4) is 0 Å². The molecule has 12 nitrogen and oxygen atoms in total. The van der Waals surface area contributed by atoms with E-state index >= 15 is 0 Å². The van der Waals surface area contributed by atoms with Gasteiger partial charge in [0.2, 0.25) is 11.8 Å². The van der Waals surface area contributed by atoms with Gasteiger partial charge in [-0.05, 0) is 31.6 Å². The maximum absolute atomic E-state index is 12.8. The molecule has 0 aromatic heterocycles. The lowest BCUT2D eigenvalue weighted by molar-refractivity contribution is -0.525. The van der Waals surface area contributed by atoms with Crippen LogP contribution in [0.2, 0.25) is 0 Å². The van der Waals surface area contributed by atoms with E-state index in [2.05, 4.69) is 22.9 Å². The van der Waals surface area contributed by atoms with Gasteiger partial charge >= 0.3 is 7.12 Å². The molecular weight excluding hydrogens is 419 g/mol. The minimum absolute atomic E-state index is 0.113. The third-order valence-electron chi connectivity index (χ3n) is 4.75. The first-order chi connectivity index (χ1) is 15.1. The monoisotopic (exact) mass is 458 g/mol.